The number of amides is 2. The second-order valence-corrected chi connectivity index (χ2v) is 7.92. The summed E-state index contributed by atoms with van der Waals surface area (Å²) in [6.45, 7) is 0.101. The average Bonchev–Trinajstić information content (AvgIpc) is 3.30. The lowest BCUT2D eigenvalue weighted by Crippen LogP contribution is -2.27. The average molecular weight is 439 g/mol. The van der Waals surface area contributed by atoms with Crippen molar-refractivity contribution in [1.82, 2.24) is 9.47 Å². The summed E-state index contributed by atoms with van der Waals surface area (Å²) < 4.78 is 1.76. The number of nitrogens with zero attached hydrogens (tertiary/aromatic N) is 2. The Balaban J connectivity index is 1.63. The molecule has 2 aromatic carbocycles. The van der Waals surface area contributed by atoms with Crippen molar-refractivity contribution in [3.8, 4) is 5.69 Å². The van der Waals surface area contributed by atoms with Crippen LogP contribution in [0.2, 0.25) is 5.02 Å². The number of carbonyl (C=O) groups excluding carboxylic acids is 2. The van der Waals surface area contributed by atoms with Gasteiger partial charge >= 0.3 is 5.97 Å². The molecule has 1 N–H and O–H groups in total. The lowest BCUT2D eigenvalue weighted by Gasteiger charge is -2.13. The van der Waals surface area contributed by atoms with Crippen LogP contribution in [0.15, 0.2) is 71.8 Å². The highest BCUT2D eigenvalue weighted by Gasteiger charge is 2.35. The third-order valence-electron chi connectivity index (χ3n) is 4.59. The Bertz CT molecular complexity index is 1200. The molecule has 0 atom stereocenters. The zero-order valence-corrected chi connectivity index (χ0v) is 17.1. The fourth-order valence-corrected chi connectivity index (χ4v) is 4.12. The summed E-state index contributed by atoms with van der Waals surface area (Å²) in [5, 5.41) is 9.35. The van der Waals surface area contributed by atoms with E-state index in [-0.39, 0.29) is 17.3 Å². The molecule has 0 aliphatic carbocycles. The number of imide groups is 1. The summed E-state index contributed by atoms with van der Waals surface area (Å²) in [4.78, 5) is 38.0. The van der Waals surface area contributed by atoms with Gasteiger partial charge in [-0.3, -0.25) is 14.5 Å². The Morgan fingerprint density at radius 1 is 1.07 bits per heavy atom. The number of benzene rings is 2. The molecule has 1 saturated heterocycles. The maximum absolute atomic E-state index is 12.8. The van der Waals surface area contributed by atoms with Crippen molar-refractivity contribution >= 4 is 46.6 Å². The standard InChI is InChI=1S/C22H15ClN2O4S/c23-18-9-2-1-5-15(18)13-25-20(26)19(30-22(25)29)12-17-8-4-10-24(17)16-7-3-6-14(11-16)21(27)28/h1-12H,13H2,(H,27,28)/b19-12-. The maximum Gasteiger partial charge on any atom is 0.335 e. The SMILES string of the molecule is O=C(O)c1cccc(-n2cccc2/C=C2\SC(=O)N(Cc3ccccc3Cl)C2=O)c1. The van der Waals surface area contributed by atoms with Crippen LogP contribution in [-0.4, -0.2) is 31.7 Å². The number of carboxylic acid groups (broad SMARTS) is 1. The summed E-state index contributed by atoms with van der Waals surface area (Å²) >= 11 is 7.02. The first kappa shape index (κ1) is 20.0. The number of aromatic nitrogens is 1. The number of halogens is 1. The van der Waals surface area contributed by atoms with Gasteiger partial charge in [0.2, 0.25) is 0 Å². The normalized spacial score (nSPS) is 15.2. The third-order valence-corrected chi connectivity index (χ3v) is 5.87. The first-order valence-corrected chi connectivity index (χ1v) is 10.1. The number of rotatable bonds is 5. The highest BCUT2D eigenvalue weighted by molar-refractivity contribution is 8.18. The molecule has 3 aromatic rings. The monoisotopic (exact) mass is 438 g/mol. The molecule has 2 amide bonds. The number of carboxylic acids is 1. The van der Waals surface area contributed by atoms with E-state index in [4.69, 9.17) is 11.6 Å². The van der Waals surface area contributed by atoms with E-state index < -0.39 is 11.9 Å². The number of aromatic carboxylic acids is 1. The van der Waals surface area contributed by atoms with Crippen LogP contribution in [0.25, 0.3) is 11.8 Å². The van der Waals surface area contributed by atoms with Gasteiger partial charge < -0.3 is 9.67 Å². The van der Waals surface area contributed by atoms with Crippen LogP contribution in [0, 0.1) is 0 Å². The van der Waals surface area contributed by atoms with Gasteiger partial charge in [0.1, 0.15) is 0 Å². The Hall–Kier alpha value is -3.29. The van der Waals surface area contributed by atoms with E-state index in [1.54, 1.807) is 71.4 Å². The van der Waals surface area contributed by atoms with Crippen LogP contribution >= 0.6 is 23.4 Å². The molecule has 4 rings (SSSR count). The Morgan fingerprint density at radius 3 is 2.63 bits per heavy atom. The van der Waals surface area contributed by atoms with Crippen molar-refractivity contribution in [2.45, 2.75) is 6.54 Å². The zero-order valence-electron chi connectivity index (χ0n) is 15.5. The van der Waals surface area contributed by atoms with Gasteiger partial charge in [0, 0.05) is 22.6 Å². The van der Waals surface area contributed by atoms with Gasteiger partial charge in [-0.05, 0) is 59.8 Å². The number of hydrogen-bond donors (Lipinski definition) is 1. The van der Waals surface area contributed by atoms with Crippen molar-refractivity contribution in [3.63, 3.8) is 0 Å². The van der Waals surface area contributed by atoms with Gasteiger partial charge in [0.15, 0.2) is 0 Å². The van der Waals surface area contributed by atoms with Gasteiger partial charge in [0.05, 0.1) is 17.0 Å². The molecule has 1 aliphatic rings. The Kier molecular flexibility index (Phi) is 5.48. The number of thioether (sulfide) groups is 1. The minimum atomic E-state index is -1.02. The van der Waals surface area contributed by atoms with Crippen molar-refractivity contribution in [2.75, 3.05) is 0 Å². The van der Waals surface area contributed by atoms with Crippen LogP contribution in [0.3, 0.4) is 0 Å². The zero-order chi connectivity index (χ0) is 21.3. The second kappa shape index (κ2) is 8.22. The number of hydrogen-bond acceptors (Lipinski definition) is 4. The van der Waals surface area contributed by atoms with Gasteiger partial charge in [0.25, 0.3) is 11.1 Å². The topological polar surface area (TPSA) is 79.6 Å². The van der Waals surface area contributed by atoms with Crippen LogP contribution < -0.4 is 0 Å². The van der Waals surface area contributed by atoms with Gasteiger partial charge in [-0.1, -0.05) is 35.9 Å². The van der Waals surface area contributed by atoms with Crippen molar-refractivity contribution < 1.29 is 19.5 Å². The predicted octanol–water partition coefficient (Wildman–Crippen LogP) is 5.07. The van der Waals surface area contributed by atoms with Crippen LogP contribution in [-0.2, 0) is 11.3 Å². The van der Waals surface area contributed by atoms with E-state index in [1.165, 1.54) is 6.07 Å². The van der Waals surface area contributed by atoms with E-state index in [0.717, 1.165) is 16.7 Å². The van der Waals surface area contributed by atoms with Gasteiger partial charge in [-0.25, -0.2) is 4.79 Å². The highest BCUT2D eigenvalue weighted by Crippen LogP contribution is 2.34. The molecule has 0 radical (unpaired) electrons. The molecule has 1 fully saturated rings. The molecule has 0 bridgehead atoms. The van der Waals surface area contributed by atoms with Crippen LogP contribution in [0.5, 0.6) is 0 Å². The summed E-state index contributed by atoms with van der Waals surface area (Å²) in [5.74, 6) is -1.41. The molecule has 1 aliphatic heterocycles. The summed E-state index contributed by atoms with van der Waals surface area (Å²) in [6.07, 6.45) is 3.39. The molecule has 150 valence electrons. The quantitative estimate of drug-likeness (QED) is 0.563. The largest absolute Gasteiger partial charge is 0.478 e. The van der Waals surface area contributed by atoms with Gasteiger partial charge in [-0.15, -0.1) is 0 Å². The first-order valence-electron chi connectivity index (χ1n) is 8.94. The highest BCUT2D eigenvalue weighted by atomic mass is 35.5. The van der Waals surface area contributed by atoms with Gasteiger partial charge in [-0.2, -0.15) is 0 Å². The van der Waals surface area contributed by atoms with Crippen molar-refractivity contribution in [3.05, 3.63) is 93.6 Å². The molecule has 2 heterocycles. The second-order valence-electron chi connectivity index (χ2n) is 6.52. The lowest BCUT2D eigenvalue weighted by molar-refractivity contribution is -0.123. The maximum atomic E-state index is 12.8. The van der Waals surface area contributed by atoms with E-state index in [0.29, 0.717) is 26.9 Å². The molecule has 0 saturated carbocycles. The predicted molar refractivity (Wildman–Crippen MR) is 116 cm³/mol. The first-order chi connectivity index (χ1) is 14.4. The van der Waals surface area contributed by atoms with E-state index in [9.17, 15) is 19.5 Å². The Labute approximate surface area is 181 Å². The van der Waals surface area contributed by atoms with E-state index >= 15 is 0 Å². The summed E-state index contributed by atoms with van der Waals surface area (Å²) in [7, 11) is 0. The van der Waals surface area contributed by atoms with Crippen LogP contribution in [0.1, 0.15) is 21.6 Å². The lowest BCUT2D eigenvalue weighted by atomic mass is 10.2. The number of carbonyl (C=O) groups is 3. The molecular weight excluding hydrogens is 424 g/mol. The van der Waals surface area contributed by atoms with E-state index in [1.807, 2.05) is 0 Å². The van der Waals surface area contributed by atoms with Crippen molar-refractivity contribution in [2.24, 2.45) is 0 Å². The molecule has 30 heavy (non-hydrogen) atoms. The van der Waals surface area contributed by atoms with Crippen LogP contribution in [0.4, 0.5) is 4.79 Å². The van der Waals surface area contributed by atoms with Crippen molar-refractivity contribution in [1.29, 1.82) is 0 Å². The minimum Gasteiger partial charge on any atom is -0.478 e. The summed E-state index contributed by atoms with van der Waals surface area (Å²) in [6, 6.07) is 17.1. The Morgan fingerprint density at radius 2 is 1.87 bits per heavy atom. The summed E-state index contributed by atoms with van der Waals surface area (Å²) in [5.41, 5.74) is 2.14. The molecule has 0 spiro atoms. The minimum absolute atomic E-state index is 0.101. The molecule has 1 aromatic heterocycles. The molecule has 8 heteroatoms. The molecular formula is C22H15ClN2O4S. The smallest absolute Gasteiger partial charge is 0.335 e. The molecule has 6 nitrogen and oxygen atoms in total. The fourth-order valence-electron chi connectivity index (χ4n) is 3.10. The molecule has 0 unspecified atom stereocenters. The third kappa shape index (κ3) is 3.90. The van der Waals surface area contributed by atoms with E-state index in [2.05, 4.69) is 0 Å². The fraction of sp³-hybridized carbons (Fsp3) is 0.0455.